The molecule has 3 rings (SSSR count). The normalized spacial score (nSPS) is 18.3. The number of aryl methyl sites for hydroxylation is 1. The molecule has 0 radical (unpaired) electrons. The van der Waals surface area contributed by atoms with Crippen molar-refractivity contribution in [2.75, 3.05) is 12.4 Å². The SMILES string of the molecule is CC[C@H]1CSC(=Nc2cccc(C)c2)N1C(=O)COc1ccccc1Cl. The largest absolute Gasteiger partial charge is 0.482 e. The van der Waals surface area contributed by atoms with Crippen molar-refractivity contribution >= 4 is 40.1 Å². The fraction of sp³-hybridized carbons (Fsp3) is 0.300. The molecule has 1 saturated heterocycles. The van der Waals surface area contributed by atoms with Crippen LogP contribution in [0.4, 0.5) is 5.69 Å². The van der Waals surface area contributed by atoms with Crippen molar-refractivity contribution in [2.45, 2.75) is 26.3 Å². The number of thioether (sulfide) groups is 1. The average Bonchev–Trinajstić information content (AvgIpc) is 3.03. The number of halogens is 1. The highest BCUT2D eigenvalue weighted by atomic mass is 35.5. The minimum absolute atomic E-state index is 0.0619. The summed E-state index contributed by atoms with van der Waals surface area (Å²) in [5, 5.41) is 1.23. The van der Waals surface area contributed by atoms with E-state index in [9.17, 15) is 4.79 Å². The molecule has 4 nitrogen and oxygen atoms in total. The third-order valence-corrected chi connectivity index (χ3v) is 5.54. The molecule has 1 fully saturated rings. The summed E-state index contributed by atoms with van der Waals surface area (Å²) in [6.45, 7) is 4.05. The zero-order valence-corrected chi connectivity index (χ0v) is 16.4. The number of rotatable bonds is 5. The lowest BCUT2D eigenvalue weighted by atomic mass is 10.2. The quantitative estimate of drug-likeness (QED) is 0.718. The van der Waals surface area contributed by atoms with Crippen molar-refractivity contribution in [3.63, 3.8) is 0 Å². The lowest BCUT2D eigenvalue weighted by Gasteiger charge is -2.23. The van der Waals surface area contributed by atoms with Gasteiger partial charge >= 0.3 is 0 Å². The van der Waals surface area contributed by atoms with E-state index in [0.717, 1.165) is 28.6 Å². The molecule has 0 saturated carbocycles. The number of carbonyl (C=O) groups excluding carboxylic acids is 1. The second-order valence-electron chi connectivity index (χ2n) is 6.09. The minimum atomic E-state index is -0.104. The Bertz CT molecular complexity index is 825. The van der Waals surface area contributed by atoms with Gasteiger partial charge in [-0.05, 0) is 43.2 Å². The minimum Gasteiger partial charge on any atom is -0.482 e. The molecule has 2 aromatic rings. The Morgan fingerprint density at radius 3 is 2.85 bits per heavy atom. The van der Waals surface area contributed by atoms with Crippen molar-refractivity contribution in [1.29, 1.82) is 0 Å². The highest BCUT2D eigenvalue weighted by molar-refractivity contribution is 8.14. The van der Waals surface area contributed by atoms with Crippen LogP contribution in [0.5, 0.6) is 5.75 Å². The molecule has 26 heavy (non-hydrogen) atoms. The summed E-state index contributed by atoms with van der Waals surface area (Å²) in [6.07, 6.45) is 0.873. The van der Waals surface area contributed by atoms with E-state index in [4.69, 9.17) is 21.3 Å². The van der Waals surface area contributed by atoms with Gasteiger partial charge in [0.2, 0.25) is 0 Å². The van der Waals surface area contributed by atoms with Crippen LogP contribution in [0.3, 0.4) is 0 Å². The van der Waals surface area contributed by atoms with Crippen LogP contribution < -0.4 is 4.74 Å². The molecule has 1 atom stereocenters. The van der Waals surface area contributed by atoms with Crippen molar-refractivity contribution in [3.05, 3.63) is 59.1 Å². The van der Waals surface area contributed by atoms with E-state index < -0.39 is 0 Å². The maximum atomic E-state index is 12.8. The van der Waals surface area contributed by atoms with E-state index in [1.54, 1.807) is 28.8 Å². The van der Waals surface area contributed by atoms with Crippen LogP contribution in [0, 0.1) is 6.92 Å². The molecular weight excluding hydrogens is 368 g/mol. The zero-order chi connectivity index (χ0) is 18.5. The summed E-state index contributed by atoms with van der Waals surface area (Å²) in [4.78, 5) is 19.3. The van der Waals surface area contributed by atoms with Crippen molar-refractivity contribution in [1.82, 2.24) is 4.90 Å². The second kappa shape index (κ2) is 8.60. The number of aliphatic imine (C=N–C) groups is 1. The number of ether oxygens (including phenoxy) is 1. The van der Waals surface area contributed by atoms with E-state index in [-0.39, 0.29) is 18.6 Å². The smallest absolute Gasteiger partial charge is 0.266 e. The van der Waals surface area contributed by atoms with Crippen LogP contribution >= 0.6 is 23.4 Å². The first-order chi connectivity index (χ1) is 12.6. The van der Waals surface area contributed by atoms with Gasteiger partial charge in [-0.2, -0.15) is 0 Å². The van der Waals surface area contributed by atoms with Crippen LogP contribution in [0.15, 0.2) is 53.5 Å². The van der Waals surface area contributed by atoms with Gasteiger partial charge in [-0.1, -0.05) is 54.6 Å². The van der Waals surface area contributed by atoms with Gasteiger partial charge in [0.25, 0.3) is 5.91 Å². The van der Waals surface area contributed by atoms with Gasteiger partial charge < -0.3 is 4.74 Å². The fourth-order valence-electron chi connectivity index (χ4n) is 2.75. The zero-order valence-electron chi connectivity index (χ0n) is 14.8. The Morgan fingerprint density at radius 2 is 2.12 bits per heavy atom. The fourth-order valence-corrected chi connectivity index (χ4v) is 4.22. The van der Waals surface area contributed by atoms with Gasteiger partial charge in [0.05, 0.1) is 10.7 Å². The monoisotopic (exact) mass is 388 g/mol. The number of hydrogen-bond acceptors (Lipinski definition) is 4. The first kappa shape index (κ1) is 18.8. The highest BCUT2D eigenvalue weighted by Crippen LogP contribution is 2.30. The summed E-state index contributed by atoms with van der Waals surface area (Å²) < 4.78 is 5.63. The van der Waals surface area contributed by atoms with Gasteiger partial charge in [0.15, 0.2) is 11.8 Å². The van der Waals surface area contributed by atoms with E-state index in [2.05, 4.69) is 6.92 Å². The summed E-state index contributed by atoms with van der Waals surface area (Å²) >= 11 is 7.71. The summed E-state index contributed by atoms with van der Waals surface area (Å²) in [6, 6.07) is 15.2. The molecule has 0 unspecified atom stereocenters. The van der Waals surface area contributed by atoms with Crippen LogP contribution in [0.25, 0.3) is 0 Å². The Balaban J connectivity index is 1.77. The predicted octanol–water partition coefficient (Wildman–Crippen LogP) is 5.07. The molecular formula is C20H21ClN2O2S. The molecule has 0 N–H and O–H groups in total. The summed E-state index contributed by atoms with van der Waals surface area (Å²) in [5.74, 6) is 1.26. The second-order valence-corrected chi connectivity index (χ2v) is 7.48. The summed E-state index contributed by atoms with van der Waals surface area (Å²) in [5.41, 5.74) is 2.00. The van der Waals surface area contributed by atoms with Gasteiger partial charge in [0.1, 0.15) is 5.75 Å². The van der Waals surface area contributed by atoms with Gasteiger partial charge in [0, 0.05) is 11.8 Å². The number of para-hydroxylation sites is 1. The number of amidine groups is 1. The molecule has 0 aliphatic carbocycles. The molecule has 0 bridgehead atoms. The Hall–Kier alpha value is -1.98. The average molecular weight is 389 g/mol. The first-order valence-electron chi connectivity index (χ1n) is 8.56. The van der Waals surface area contributed by atoms with Crippen LogP contribution in [0.2, 0.25) is 5.02 Å². The van der Waals surface area contributed by atoms with Crippen molar-refractivity contribution in [2.24, 2.45) is 4.99 Å². The number of benzene rings is 2. The first-order valence-corrected chi connectivity index (χ1v) is 9.92. The number of hydrogen-bond donors (Lipinski definition) is 0. The molecule has 1 heterocycles. The predicted molar refractivity (Wildman–Crippen MR) is 109 cm³/mol. The van der Waals surface area contributed by atoms with E-state index in [0.29, 0.717) is 10.8 Å². The molecule has 0 spiro atoms. The standard InChI is InChI=1S/C20H21ClN2O2S/c1-3-16-13-26-20(22-15-8-6-7-14(2)11-15)23(16)19(24)12-25-18-10-5-4-9-17(18)21/h4-11,16H,3,12-13H2,1-2H3/t16-/m0/s1. The molecule has 2 aromatic carbocycles. The number of carbonyl (C=O) groups is 1. The molecule has 136 valence electrons. The molecule has 6 heteroatoms. The lowest BCUT2D eigenvalue weighted by molar-refractivity contribution is -0.130. The van der Waals surface area contributed by atoms with Gasteiger partial charge in [-0.15, -0.1) is 0 Å². The van der Waals surface area contributed by atoms with E-state index >= 15 is 0 Å². The van der Waals surface area contributed by atoms with Crippen LogP contribution in [-0.4, -0.2) is 34.4 Å². The Kier molecular flexibility index (Phi) is 6.22. The highest BCUT2D eigenvalue weighted by Gasteiger charge is 2.34. The molecule has 1 amide bonds. The third kappa shape index (κ3) is 4.40. The maximum absolute atomic E-state index is 12.8. The number of nitrogens with zero attached hydrogens (tertiary/aromatic N) is 2. The Labute approximate surface area is 163 Å². The van der Waals surface area contributed by atoms with Crippen LogP contribution in [-0.2, 0) is 4.79 Å². The maximum Gasteiger partial charge on any atom is 0.266 e. The number of amides is 1. The van der Waals surface area contributed by atoms with Crippen LogP contribution in [0.1, 0.15) is 18.9 Å². The van der Waals surface area contributed by atoms with Crippen molar-refractivity contribution in [3.8, 4) is 5.75 Å². The van der Waals surface area contributed by atoms with Gasteiger partial charge in [-0.3, -0.25) is 9.69 Å². The topological polar surface area (TPSA) is 41.9 Å². The van der Waals surface area contributed by atoms with E-state index in [1.807, 2.05) is 43.3 Å². The van der Waals surface area contributed by atoms with E-state index in [1.165, 1.54) is 0 Å². The lowest BCUT2D eigenvalue weighted by Crippen LogP contribution is -2.41. The molecule has 1 aliphatic heterocycles. The molecule has 0 aromatic heterocycles. The molecule has 1 aliphatic rings. The van der Waals surface area contributed by atoms with Gasteiger partial charge in [-0.25, -0.2) is 4.99 Å². The Morgan fingerprint density at radius 1 is 1.31 bits per heavy atom. The summed E-state index contributed by atoms with van der Waals surface area (Å²) in [7, 11) is 0. The van der Waals surface area contributed by atoms with Crippen molar-refractivity contribution < 1.29 is 9.53 Å². The third-order valence-electron chi connectivity index (χ3n) is 4.13.